The second kappa shape index (κ2) is 14.6. The third-order valence-corrected chi connectivity index (χ3v) is 6.09. The molecule has 38 heavy (non-hydrogen) atoms. The van der Waals surface area contributed by atoms with E-state index < -0.39 is 41.7 Å². The summed E-state index contributed by atoms with van der Waals surface area (Å²) in [4.78, 5) is 53.0. The van der Waals surface area contributed by atoms with Crippen LogP contribution in [-0.4, -0.2) is 55.4 Å². The van der Waals surface area contributed by atoms with Crippen molar-refractivity contribution in [2.45, 2.75) is 58.4 Å². The number of nitrogens with zero attached hydrogens (tertiary/aromatic N) is 1. The highest BCUT2D eigenvalue weighted by molar-refractivity contribution is 14.1. The van der Waals surface area contributed by atoms with Crippen molar-refractivity contribution in [1.29, 1.82) is 0 Å². The lowest BCUT2D eigenvalue weighted by atomic mass is 10.1. The topological polar surface area (TPSA) is 123 Å². The van der Waals surface area contributed by atoms with Crippen LogP contribution in [0.2, 0.25) is 0 Å². The Hall–Kier alpha value is -3.35. The summed E-state index contributed by atoms with van der Waals surface area (Å²) in [5.74, 6) is -1.26. The number of alkyl carbamates (subject to hydrolysis) is 2. The summed E-state index contributed by atoms with van der Waals surface area (Å²) < 4.78 is 16.2. The van der Waals surface area contributed by atoms with Crippen LogP contribution >= 0.6 is 22.6 Å². The molecular weight excluding hydrogens is 605 g/mol. The minimum atomic E-state index is -1.29. The van der Waals surface area contributed by atoms with Gasteiger partial charge in [-0.05, 0) is 67.5 Å². The van der Waals surface area contributed by atoms with Crippen LogP contribution in [0.1, 0.15) is 39.7 Å². The van der Waals surface area contributed by atoms with Gasteiger partial charge in [-0.1, -0.05) is 49.4 Å². The number of nitrogens with one attached hydrogen (secondary N) is 2. The predicted octanol–water partition coefficient (Wildman–Crippen LogP) is 4.40. The first kappa shape index (κ1) is 30.9. The second-order valence-electron chi connectivity index (χ2n) is 9.25. The monoisotopic (exact) mass is 639 g/mol. The normalized spacial score (nSPS) is 12.5. The van der Waals surface area contributed by atoms with Crippen molar-refractivity contribution in [1.82, 2.24) is 10.6 Å². The number of ether oxygens (including phenoxy) is 3. The van der Waals surface area contributed by atoms with Gasteiger partial charge in [0.2, 0.25) is 0 Å². The molecule has 0 aromatic heterocycles. The third-order valence-electron chi connectivity index (χ3n) is 5.17. The number of anilines is 1. The molecule has 2 atom stereocenters. The average Bonchev–Trinajstić information content (AvgIpc) is 2.87. The van der Waals surface area contributed by atoms with Crippen LogP contribution in [0.25, 0.3) is 0 Å². The lowest BCUT2D eigenvalue weighted by molar-refractivity contribution is -0.143. The number of hydrogen-bond acceptors (Lipinski definition) is 7. The number of amides is 3. The predicted molar refractivity (Wildman–Crippen MR) is 151 cm³/mol. The molecule has 3 amide bonds. The summed E-state index contributed by atoms with van der Waals surface area (Å²) in [6.45, 7) is 6.52. The Bertz CT molecular complexity index is 1110. The van der Waals surface area contributed by atoms with Gasteiger partial charge in [-0.25, -0.2) is 14.4 Å². The maximum absolute atomic E-state index is 14.0. The van der Waals surface area contributed by atoms with Gasteiger partial charge in [0.05, 0.1) is 19.3 Å². The molecule has 1 unspecified atom stereocenters. The number of methoxy groups -OCH3 is 1. The van der Waals surface area contributed by atoms with Gasteiger partial charge in [-0.3, -0.25) is 9.69 Å². The molecule has 0 aliphatic rings. The van der Waals surface area contributed by atoms with Crippen molar-refractivity contribution < 1.29 is 33.4 Å². The maximum Gasteiger partial charge on any atom is 0.408 e. The zero-order chi connectivity index (χ0) is 28.3. The van der Waals surface area contributed by atoms with Gasteiger partial charge in [0.15, 0.2) is 0 Å². The summed E-state index contributed by atoms with van der Waals surface area (Å²) in [7, 11) is 1.24. The lowest BCUT2D eigenvalue weighted by Gasteiger charge is -2.33. The molecule has 0 heterocycles. The van der Waals surface area contributed by atoms with Gasteiger partial charge in [0.1, 0.15) is 24.3 Å². The van der Waals surface area contributed by atoms with E-state index in [4.69, 9.17) is 14.2 Å². The molecule has 0 saturated carbocycles. The quantitative estimate of drug-likeness (QED) is 0.225. The van der Waals surface area contributed by atoms with Crippen LogP contribution in [0.5, 0.6) is 0 Å². The minimum absolute atomic E-state index is 0.0207. The van der Waals surface area contributed by atoms with Crippen molar-refractivity contribution in [2.24, 2.45) is 0 Å². The highest BCUT2D eigenvalue weighted by Crippen LogP contribution is 2.26. The zero-order valence-electron chi connectivity index (χ0n) is 22.2. The first-order valence-electron chi connectivity index (χ1n) is 12.1. The van der Waals surface area contributed by atoms with E-state index in [-0.39, 0.29) is 19.6 Å². The van der Waals surface area contributed by atoms with Gasteiger partial charge < -0.3 is 24.8 Å². The molecule has 2 aromatic rings. The van der Waals surface area contributed by atoms with Gasteiger partial charge >= 0.3 is 18.2 Å². The molecule has 10 nitrogen and oxygen atoms in total. The standard InChI is InChI=1S/C27H34IN3O7/c1-6-21(24(33)36-5)31(22-15-11-10-14-19(22)28)23(32)20(16-29-25(34)38-27(2,3)4)30-26(35)37-17-18-12-8-7-9-13-18/h7-15,20-21H,6,16-17H2,1-5H3,(H,29,34)(H,30,35)/t20-,21?/m0/s1. The van der Waals surface area contributed by atoms with Crippen LogP contribution in [0.15, 0.2) is 54.6 Å². The van der Waals surface area contributed by atoms with Crippen molar-refractivity contribution in [3.8, 4) is 0 Å². The van der Waals surface area contributed by atoms with E-state index in [0.717, 1.165) is 5.56 Å². The number of carbonyl (C=O) groups is 4. The van der Waals surface area contributed by atoms with Crippen molar-refractivity contribution in [2.75, 3.05) is 18.6 Å². The number of rotatable bonds is 10. The fourth-order valence-corrected chi connectivity index (χ4v) is 4.10. The molecule has 0 bridgehead atoms. The first-order valence-corrected chi connectivity index (χ1v) is 13.1. The van der Waals surface area contributed by atoms with E-state index in [0.29, 0.717) is 9.26 Å². The summed E-state index contributed by atoms with van der Waals surface area (Å²) >= 11 is 2.06. The first-order chi connectivity index (χ1) is 18.0. The van der Waals surface area contributed by atoms with Gasteiger partial charge in [-0.15, -0.1) is 0 Å². The van der Waals surface area contributed by atoms with E-state index in [2.05, 4.69) is 33.2 Å². The number of hydrogen-bond donors (Lipinski definition) is 2. The summed E-state index contributed by atoms with van der Waals surface area (Å²) in [5.41, 5.74) is 0.447. The molecule has 11 heteroatoms. The summed E-state index contributed by atoms with van der Waals surface area (Å²) in [6, 6.07) is 13.8. The Morgan fingerprint density at radius 1 is 0.974 bits per heavy atom. The number of esters is 1. The fraction of sp³-hybridized carbons (Fsp3) is 0.407. The van der Waals surface area contributed by atoms with E-state index in [1.807, 2.05) is 18.2 Å². The molecule has 2 rings (SSSR count). The fourth-order valence-electron chi connectivity index (χ4n) is 3.45. The van der Waals surface area contributed by atoms with Crippen molar-refractivity contribution in [3.63, 3.8) is 0 Å². The third kappa shape index (κ3) is 9.51. The smallest absolute Gasteiger partial charge is 0.408 e. The Labute approximate surface area is 236 Å². The van der Waals surface area contributed by atoms with Crippen molar-refractivity contribution in [3.05, 3.63) is 63.7 Å². The maximum atomic E-state index is 14.0. The van der Waals surface area contributed by atoms with Crippen LogP contribution in [0, 0.1) is 3.57 Å². The molecule has 0 aliphatic carbocycles. The van der Waals surface area contributed by atoms with Gasteiger partial charge in [-0.2, -0.15) is 0 Å². The number of para-hydroxylation sites is 1. The minimum Gasteiger partial charge on any atom is -0.467 e. The van der Waals surface area contributed by atoms with Crippen LogP contribution in [-0.2, 0) is 30.4 Å². The Morgan fingerprint density at radius 3 is 2.18 bits per heavy atom. The molecule has 2 aromatic carbocycles. The van der Waals surface area contributed by atoms with Gasteiger partial charge in [0.25, 0.3) is 5.91 Å². The highest BCUT2D eigenvalue weighted by Gasteiger charge is 2.37. The SMILES string of the molecule is CCC(C(=O)OC)N(C(=O)[C@H](CNC(=O)OC(C)(C)C)NC(=O)OCc1ccccc1)c1ccccc1I. The molecule has 206 valence electrons. The van der Waals surface area contributed by atoms with Gasteiger partial charge in [0, 0.05) is 3.57 Å². The highest BCUT2D eigenvalue weighted by atomic mass is 127. The van der Waals surface area contributed by atoms with E-state index in [9.17, 15) is 19.2 Å². The van der Waals surface area contributed by atoms with Crippen LogP contribution in [0.3, 0.4) is 0 Å². The summed E-state index contributed by atoms with van der Waals surface area (Å²) in [6.07, 6.45) is -1.39. The molecule has 0 spiro atoms. The van der Waals surface area contributed by atoms with Crippen LogP contribution in [0.4, 0.5) is 15.3 Å². The van der Waals surface area contributed by atoms with E-state index in [1.54, 1.807) is 64.1 Å². The number of carbonyl (C=O) groups excluding carboxylic acids is 4. The molecule has 0 fully saturated rings. The Morgan fingerprint density at radius 2 is 1.61 bits per heavy atom. The average molecular weight is 639 g/mol. The molecule has 0 aliphatic heterocycles. The Kier molecular flexibility index (Phi) is 11.8. The Balaban J connectivity index is 2.36. The molecular formula is C27H34IN3O7. The zero-order valence-corrected chi connectivity index (χ0v) is 24.3. The van der Waals surface area contributed by atoms with E-state index >= 15 is 0 Å². The largest absolute Gasteiger partial charge is 0.467 e. The number of benzene rings is 2. The molecule has 0 radical (unpaired) electrons. The number of halogens is 1. The van der Waals surface area contributed by atoms with E-state index in [1.165, 1.54) is 12.0 Å². The van der Waals surface area contributed by atoms with Crippen molar-refractivity contribution >= 4 is 52.3 Å². The summed E-state index contributed by atoms with van der Waals surface area (Å²) in [5, 5.41) is 5.06. The molecule has 0 saturated heterocycles. The molecule has 2 N–H and O–H groups in total. The van der Waals surface area contributed by atoms with Crippen LogP contribution < -0.4 is 15.5 Å². The lowest BCUT2D eigenvalue weighted by Crippen LogP contribution is -2.58. The second-order valence-corrected chi connectivity index (χ2v) is 10.4.